The molecule has 0 aliphatic carbocycles. The summed E-state index contributed by atoms with van der Waals surface area (Å²) < 4.78 is 4.64. The van der Waals surface area contributed by atoms with E-state index in [9.17, 15) is 9.59 Å². The van der Waals surface area contributed by atoms with E-state index in [1.165, 1.54) is 19.1 Å². The van der Waals surface area contributed by atoms with E-state index in [0.29, 0.717) is 0 Å². The highest BCUT2D eigenvalue weighted by Crippen LogP contribution is 1.92. The van der Waals surface area contributed by atoms with Crippen molar-refractivity contribution < 1.29 is 19.4 Å². The fourth-order valence-electron chi connectivity index (χ4n) is 0.520. The van der Waals surface area contributed by atoms with Gasteiger partial charge in [0.1, 0.15) is 6.61 Å². The molecular weight excluding hydrogens is 172 g/mol. The minimum atomic E-state index is -1.01. The molecule has 0 aromatic heterocycles. The van der Waals surface area contributed by atoms with Gasteiger partial charge in [-0.25, -0.2) is 9.59 Å². The highest BCUT2D eigenvalue weighted by atomic mass is 16.5. The molecule has 0 aliphatic heterocycles. The Bertz CT molecular complexity index is 250. The fourth-order valence-corrected chi connectivity index (χ4v) is 0.520. The van der Waals surface area contributed by atoms with Crippen LogP contribution in [-0.4, -0.2) is 23.7 Å². The van der Waals surface area contributed by atoms with Crippen LogP contribution in [-0.2, 0) is 14.3 Å². The summed E-state index contributed by atoms with van der Waals surface area (Å²) in [5.41, 5.74) is 0.160. The maximum Gasteiger partial charge on any atom is 0.331 e. The Morgan fingerprint density at radius 1 is 1.46 bits per heavy atom. The van der Waals surface area contributed by atoms with E-state index >= 15 is 0 Å². The molecule has 0 unspecified atom stereocenters. The van der Waals surface area contributed by atoms with Crippen molar-refractivity contribution in [3.05, 3.63) is 23.8 Å². The number of carbonyl (C=O) groups is 2. The number of aliphatic carboxylic acids is 1. The zero-order chi connectivity index (χ0) is 10.3. The largest absolute Gasteiger partial charge is 0.478 e. The Balaban J connectivity index is 3.85. The molecule has 0 spiro atoms. The van der Waals surface area contributed by atoms with E-state index in [-0.39, 0.29) is 12.2 Å². The van der Waals surface area contributed by atoms with E-state index in [2.05, 4.69) is 4.74 Å². The van der Waals surface area contributed by atoms with Crippen molar-refractivity contribution in [1.82, 2.24) is 0 Å². The molecule has 0 aromatic rings. The van der Waals surface area contributed by atoms with Gasteiger partial charge in [-0.3, -0.25) is 0 Å². The second-order valence-corrected chi connectivity index (χ2v) is 2.32. The first-order valence-corrected chi connectivity index (χ1v) is 3.77. The topological polar surface area (TPSA) is 63.6 Å². The molecule has 0 saturated carbocycles. The Morgan fingerprint density at radius 2 is 2.08 bits per heavy atom. The SMILES string of the molecule is CC=CC(=O)OCC=C(C)C(=O)O. The van der Waals surface area contributed by atoms with Crippen LogP contribution in [0.2, 0.25) is 0 Å². The zero-order valence-corrected chi connectivity index (χ0v) is 7.61. The predicted octanol–water partition coefficient (Wildman–Crippen LogP) is 1.14. The van der Waals surface area contributed by atoms with Crippen LogP contribution in [0.4, 0.5) is 0 Å². The summed E-state index contributed by atoms with van der Waals surface area (Å²) in [6.07, 6.45) is 4.16. The maximum atomic E-state index is 10.7. The van der Waals surface area contributed by atoms with Crippen molar-refractivity contribution in [3.8, 4) is 0 Å². The summed E-state index contributed by atoms with van der Waals surface area (Å²) in [5, 5.41) is 8.43. The van der Waals surface area contributed by atoms with Gasteiger partial charge in [-0.1, -0.05) is 6.08 Å². The van der Waals surface area contributed by atoms with Gasteiger partial charge in [0.15, 0.2) is 0 Å². The second kappa shape index (κ2) is 5.99. The molecule has 0 heterocycles. The molecule has 0 atom stereocenters. The first-order chi connectivity index (χ1) is 6.07. The number of hydrogen-bond donors (Lipinski definition) is 1. The molecule has 0 radical (unpaired) electrons. The Morgan fingerprint density at radius 3 is 2.54 bits per heavy atom. The highest BCUT2D eigenvalue weighted by Gasteiger charge is 1.99. The molecule has 0 saturated heterocycles. The number of allylic oxidation sites excluding steroid dienone is 1. The van der Waals surface area contributed by atoms with Crippen molar-refractivity contribution in [2.24, 2.45) is 0 Å². The quantitative estimate of drug-likeness (QED) is 0.525. The van der Waals surface area contributed by atoms with Crippen LogP contribution in [0.25, 0.3) is 0 Å². The van der Waals surface area contributed by atoms with Crippen molar-refractivity contribution in [1.29, 1.82) is 0 Å². The Labute approximate surface area is 76.5 Å². The molecule has 4 heteroatoms. The smallest absolute Gasteiger partial charge is 0.331 e. The van der Waals surface area contributed by atoms with E-state index < -0.39 is 11.9 Å². The van der Waals surface area contributed by atoms with Gasteiger partial charge < -0.3 is 9.84 Å². The summed E-state index contributed by atoms with van der Waals surface area (Å²) in [4.78, 5) is 21.0. The lowest BCUT2D eigenvalue weighted by molar-refractivity contribution is -0.137. The molecule has 13 heavy (non-hydrogen) atoms. The highest BCUT2D eigenvalue weighted by molar-refractivity contribution is 5.86. The molecule has 0 amide bonds. The van der Waals surface area contributed by atoms with Crippen LogP contribution >= 0.6 is 0 Å². The van der Waals surface area contributed by atoms with Crippen molar-refractivity contribution >= 4 is 11.9 Å². The lowest BCUT2D eigenvalue weighted by atomic mass is 10.3. The molecule has 0 rings (SSSR count). The van der Waals surface area contributed by atoms with E-state index in [1.54, 1.807) is 13.0 Å². The molecule has 72 valence electrons. The van der Waals surface area contributed by atoms with Crippen molar-refractivity contribution in [2.75, 3.05) is 6.61 Å². The fraction of sp³-hybridized carbons (Fsp3) is 0.333. The van der Waals surface area contributed by atoms with Gasteiger partial charge in [0.05, 0.1) is 0 Å². The average molecular weight is 184 g/mol. The third-order valence-electron chi connectivity index (χ3n) is 1.26. The summed E-state index contributed by atoms with van der Waals surface area (Å²) in [6.45, 7) is 3.12. The molecule has 0 aromatic carbocycles. The number of carboxylic acid groups (broad SMARTS) is 1. The summed E-state index contributed by atoms with van der Waals surface area (Å²) >= 11 is 0. The maximum absolute atomic E-state index is 10.7. The zero-order valence-electron chi connectivity index (χ0n) is 7.61. The van der Waals surface area contributed by atoms with Gasteiger partial charge in [0, 0.05) is 11.6 Å². The predicted molar refractivity (Wildman–Crippen MR) is 47.2 cm³/mol. The third-order valence-corrected chi connectivity index (χ3v) is 1.26. The van der Waals surface area contributed by atoms with Crippen molar-refractivity contribution in [2.45, 2.75) is 13.8 Å². The van der Waals surface area contributed by atoms with Gasteiger partial charge in [-0.05, 0) is 19.9 Å². The molecular formula is C9H12O4. The van der Waals surface area contributed by atoms with Gasteiger partial charge in [-0.2, -0.15) is 0 Å². The molecule has 4 nitrogen and oxygen atoms in total. The minimum absolute atomic E-state index is 0.0126. The number of carbonyl (C=O) groups excluding carboxylic acids is 1. The van der Waals surface area contributed by atoms with E-state index in [0.717, 1.165) is 0 Å². The van der Waals surface area contributed by atoms with Crippen LogP contribution in [0.3, 0.4) is 0 Å². The average Bonchev–Trinajstić information content (AvgIpc) is 2.04. The number of hydrogen-bond acceptors (Lipinski definition) is 3. The van der Waals surface area contributed by atoms with Gasteiger partial charge >= 0.3 is 11.9 Å². The van der Waals surface area contributed by atoms with Crippen LogP contribution in [0, 0.1) is 0 Å². The molecule has 0 fully saturated rings. The van der Waals surface area contributed by atoms with Crippen LogP contribution in [0.5, 0.6) is 0 Å². The minimum Gasteiger partial charge on any atom is -0.478 e. The molecule has 1 N–H and O–H groups in total. The number of esters is 1. The standard InChI is InChI=1S/C9H12O4/c1-3-4-8(10)13-6-5-7(2)9(11)12/h3-5H,6H2,1-2H3,(H,11,12). The van der Waals surface area contributed by atoms with Crippen LogP contribution in [0.15, 0.2) is 23.8 Å². The normalized spacial score (nSPS) is 11.7. The number of ether oxygens (including phenoxy) is 1. The van der Waals surface area contributed by atoms with Crippen molar-refractivity contribution in [3.63, 3.8) is 0 Å². The second-order valence-electron chi connectivity index (χ2n) is 2.32. The summed E-state index contributed by atoms with van der Waals surface area (Å²) in [5.74, 6) is -1.49. The third kappa shape index (κ3) is 5.66. The van der Waals surface area contributed by atoms with E-state index in [1.807, 2.05) is 0 Å². The first-order valence-electron chi connectivity index (χ1n) is 3.77. The van der Waals surface area contributed by atoms with Crippen LogP contribution < -0.4 is 0 Å². The Hall–Kier alpha value is -1.58. The Kier molecular flexibility index (Phi) is 5.27. The number of carboxylic acids is 1. The van der Waals surface area contributed by atoms with Gasteiger partial charge in [0.25, 0.3) is 0 Å². The van der Waals surface area contributed by atoms with Gasteiger partial charge in [0.2, 0.25) is 0 Å². The van der Waals surface area contributed by atoms with Crippen LogP contribution in [0.1, 0.15) is 13.8 Å². The summed E-state index contributed by atoms with van der Waals surface area (Å²) in [7, 11) is 0. The molecule has 0 bridgehead atoms. The lowest BCUT2D eigenvalue weighted by Gasteiger charge is -1.96. The molecule has 0 aliphatic rings. The monoisotopic (exact) mass is 184 g/mol. The van der Waals surface area contributed by atoms with Gasteiger partial charge in [-0.15, -0.1) is 0 Å². The lowest BCUT2D eigenvalue weighted by Crippen LogP contribution is -2.03. The van der Waals surface area contributed by atoms with E-state index in [4.69, 9.17) is 5.11 Å². The number of rotatable bonds is 4. The first kappa shape index (κ1) is 11.4. The summed E-state index contributed by atoms with van der Waals surface area (Å²) in [6, 6.07) is 0.